The number of thioether (sulfide) groups is 1. The number of nitrogens with one attached hydrogen (secondary N) is 1. The van der Waals surface area contributed by atoms with Crippen molar-refractivity contribution in [2.75, 3.05) is 24.6 Å². The molecule has 3 unspecified atom stereocenters. The van der Waals surface area contributed by atoms with Crippen LogP contribution in [0.4, 0.5) is 0 Å². The Morgan fingerprint density at radius 1 is 1.25 bits per heavy atom. The highest BCUT2D eigenvalue weighted by atomic mass is 32.2. The van der Waals surface area contributed by atoms with E-state index in [9.17, 15) is 4.79 Å². The molecule has 0 saturated carbocycles. The van der Waals surface area contributed by atoms with E-state index in [4.69, 9.17) is 4.74 Å². The summed E-state index contributed by atoms with van der Waals surface area (Å²) in [6, 6.07) is 8.69. The van der Waals surface area contributed by atoms with Gasteiger partial charge in [-0.05, 0) is 50.1 Å². The molecular weight excluding hydrogens is 320 g/mol. The maximum atomic E-state index is 12.7. The first-order valence-electron chi connectivity index (χ1n) is 8.96. The van der Waals surface area contributed by atoms with Crippen LogP contribution in [-0.2, 0) is 11.3 Å². The van der Waals surface area contributed by atoms with Crippen LogP contribution in [0.1, 0.15) is 42.6 Å². The Bertz CT molecular complexity index is 533. The Morgan fingerprint density at radius 2 is 1.96 bits per heavy atom. The fourth-order valence-electron chi connectivity index (χ4n) is 3.46. The second kappa shape index (κ2) is 8.37. The molecule has 0 spiro atoms. The second-order valence-electron chi connectivity index (χ2n) is 6.96. The zero-order valence-corrected chi connectivity index (χ0v) is 15.5. The van der Waals surface area contributed by atoms with Crippen molar-refractivity contribution in [2.24, 2.45) is 0 Å². The summed E-state index contributed by atoms with van der Waals surface area (Å²) in [7, 11) is 0. The van der Waals surface area contributed by atoms with Crippen LogP contribution >= 0.6 is 11.8 Å². The van der Waals surface area contributed by atoms with E-state index in [0.29, 0.717) is 19.1 Å². The Labute approximate surface area is 149 Å². The molecule has 1 aromatic rings. The molecule has 0 bridgehead atoms. The van der Waals surface area contributed by atoms with E-state index in [2.05, 4.69) is 17.4 Å². The summed E-state index contributed by atoms with van der Waals surface area (Å²) in [5.74, 6) is 2.62. The molecule has 2 fully saturated rings. The Balaban J connectivity index is 1.54. The van der Waals surface area contributed by atoms with Crippen LogP contribution in [0.3, 0.4) is 0 Å². The third kappa shape index (κ3) is 4.74. The number of carbonyl (C=O) groups excluding carboxylic acids is 1. The number of hydrogen-bond donors (Lipinski definition) is 1. The Morgan fingerprint density at radius 3 is 2.58 bits per heavy atom. The summed E-state index contributed by atoms with van der Waals surface area (Å²) >= 11 is 2.04. The lowest BCUT2D eigenvalue weighted by atomic mass is 10.1. The summed E-state index contributed by atoms with van der Waals surface area (Å²) < 4.78 is 5.71. The van der Waals surface area contributed by atoms with Gasteiger partial charge in [-0.25, -0.2) is 0 Å². The number of carbonyl (C=O) groups is 1. The van der Waals surface area contributed by atoms with Crippen molar-refractivity contribution in [3.63, 3.8) is 0 Å². The molecule has 4 nitrogen and oxygen atoms in total. The van der Waals surface area contributed by atoms with Crippen molar-refractivity contribution in [3.8, 4) is 0 Å². The first kappa shape index (κ1) is 17.8. The van der Waals surface area contributed by atoms with Gasteiger partial charge < -0.3 is 15.0 Å². The fourth-order valence-corrected chi connectivity index (χ4v) is 4.56. The van der Waals surface area contributed by atoms with E-state index >= 15 is 0 Å². The zero-order valence-electron chi connectivity index (χ0n) is 14.7. The van der Waals surface area contributed by atoms with Crippen LogP contribution in [0.25, 0.3) is 0 Å². The van der Waals surface area contributed by atoms with Gasteiger partial charge in [-0.3, -0.25) is 4.79 Å². The van der Waals surface area contributed by atoms with Crippen LogP contribution in [0.5, 0.6) is 0 Å². The molecular formula is C19H28N2O2S. The van der Waals surface area contributed by atoms with Crippen LogP contribution in [0.15, 0.2) is 24.3 Å². The highest BCUT2D eigenvalue weighted by Crippen LogP contribution is 2.18. The monoisotopic (exact) mass is 348 g/mol. The van der Waals surface area contributed by atoms with E-state index in [-0.39, 0.29) is 18.1 Å². The van der Waals surface area contributed by atoms with Gasteiger partial charge in [-0.2, -0.15) is 11.8 Å². The third-order valence-electron chi connectivity index (χ3n) is 4.66. The highest BCUT2D eigenvalue weighted by molar-refractivity contribution is 7.99. The van der Waals surface area contributed by atoms with Gasteiger partial charge in [0.25, 0.3) is 5.91 Å². The zero-order chi connectivity index (χ0) is 16.9. The molecule has 1 amide bonds. The lowest BCUT2D eigenvalue weighted by Crippen LogP contribution is -2.48. The molecule has 1 aromatic carbocycles. The molecule has 132 valence electrons. The number of amides is 1. The first-order chi connectivity index (χ1) is 11.6. The number of nitrogens with zero attached hydrogens (tertiary/aromatic N) is 1. The molecule has 2 aliphatic rings. The van der Waals surface area contributed by atoms with Crippen molar-refractivity contribution < 1.29 is 9.53 Å². The average Bonchev–Trinajstić information content (AvgIpc) is 2.60. The first-order valence-corrected chi connectivity index (χ1v) is 10.1. The minimum Gasteiger partial charge on any atom is -0.372 e. The molecule has 0 aromatic heterocycles. The standard InChI is InChI=1S/C19H28N2O2S/c1-14-11-21(12-15(2)23-14)19(22)17-7-5-16(6-8-17)10-20-18-4-3-9-24-13-18/h5-8,14-15,18,20H,3-4,9-13H2,1-2H3. The second-order valence-corrected chi connectivity index (χ2v) is 8.11. The van der Waals surface area contributed by atoms with Gasteiger partial charge in [0.05, 0.1) is 12.2 Å². The van der Waals surface area contributed by atoms with Gasteiger partial charge in [-0.1, -0.05) is 12.1 Å². The van der Waals surface area contributed by atoms with Gasteiger partial charge >= 0.3 is 0 Å². The number of hydrogen-bond acceptors (Lipinski definition) is 4. The number of morpholine rings is 1. The fraction of sp³-hybridized carbons (Fsp3) is 0.632. The summed E-state index contributed by atoms with van der Waals surface area (Å²) in [6.45, 7) is 6.27. The predicted octanol–water partition coefficient (Wildman–Crippen LogP) is 2.92. The number of ether oxygens (including phenoxy) is 1. The van der Waals surface area contributed by atoms with Gasteiger partial charge in [0.15, 0.2) is 0 Å². The summed E-state index contributed by atoms with van der Waals surface area (Å²) in [5, 5.41) is 3.63. The lowest BCUT2D eigenvalue weighted by molar-refractivity contribution is -0.0586. The van der Waals surface area contributed by atoms with Crippen molar-refractivity contribution >= 4 is 17.7 Å². The molecule has 1 N–H and O–H groups in total. The SMILES string of the molecule is CC1CN(C(=O)c2ccc(CNC3CCCSC3)cc2)CC(C)O1. The van der Waals surface area contributed by atoms with Gasteiger partial charge in [0, 0.05) is 37.0 Å². The topological polar surface area (TPSA) is 41.6 Å². The minimum atomic E-state index is 0.106. The van der Waals surface area contributed by atoms with Crippen LogP contribution in [0, 0.1) is 0 Å². The van der Waals surface area contributed by atoms with Gasteiger partial charge in [0.1, 0.15) is 0 Å². The molecule has 24 heavy (non-hydrogen) atoms. The smallest absolute Gasteiger partial charge is 0.254 e. The average molecular weight is 349 g/mol. The summed E-state index contributed by atoms with van der Waals surface area (Å²) in [4.78, 5) is 14.6. The van der Waals surface area contributed by atoms with E-state index in [0.717, 1.165) is 12.1 Å². The van der Waals surface area contributed by atoms with E-state index in [1.54, 1.807) is 0 Å². The van der Waals surface area contributed by atoms with Gasteiger partial charge in [-0.15, -0.1) is 0 Å². The highest BCUT2D eigenvalue weighted by Gasteiger charge is 2.26. The van der Waals surface area contributed by atoms with E-state index in [1.807, 2.05) is 42.6 Å². The summed E-state index contributed by atoms with van der Waals surface area (Å²) in [5.41, 5.74) is 2.01. The molecule has 0 radical (unpaired) electrons. The van der Waals surface area contributed by atoms with Gasteiger partial charge in [0.2, 0.25) is 0 Å². The minimum absolute atomic E-state index is 0.106. The van der Waals surface area contributed by atoms with E-state index < -0.39 is 0 Å². The van der Waals surface area contributed by atoms with Crippen LogP contribution in [0.2, 0.25) is 0 Å². The van der Waals surface area contributed by atoms with E-state index in [1.165, 1.54) is 29.9 Å². The van der Waals surface area contributed by atoms with Crippen molar-refractivity contribution in [3.05, 3.63) is 35.4 Å². The molecule has 0 aliphatic carbocycles. The molecule has 2 heterocycles. The normalized spacial score (nSPS) is 27.9. The molecule has 5 heteroatoms. The molecule has 2 saturated heterocycles. The van der Waals surface area contributed by atoms with Crippen molar-refractivity contribution in [1.29, 1.82) is 0 Å². The number of rotatable bonds is 4. The molecule has 3 rings (SSSR count). The third-order valence-corrected chi connectivity index (χ3v) is 5.88. The molecule has 2 aliphatic heterocycles. The maximum absolute atomic E-state index is 12.7. The quantitative estimate of drug-likeness (QED) is 0.908. The lowest BCUT2D eigenvalue weighted by Gasteiger charge is -2.35. The Kier molecular flexibility index (Phi) is 6.19. The predicted molar refractivity (Wildman–Crippen MR) is 99.5 cm³/mol. The van der Waals surface area contributed by atoms with Crippen molar-refractivity contribution in [1.82, 2.24) is 10.2 Å². The number of benzene rings is 1. The maximum Gasteiger partial charge on any atom is 0.254 e. The van der Waals surface area contributed by atoms with Crippen LogP contribution < -0.4 is 5.32 Å². The Hall–Kier alpha value is -1.04. The largest absolute Gasteiger partial charge is 0.372 e. The van der Waals surface area contributed by atoms with Crippen LogP contribution in [-0.4, -0.2) is 53.7 Å². The summed E-state index contributed by atoms with van der Waals surface area (Å²) in [6.07, 6.45) is 2.80. The van der Waals surface area contributed by atoms with Crippen molar-refractivity contribution in [2.45, 2.75) is 51.5 Å². The molecule has 3 atom stereocenters.